The Morgan fingerprint density at radius 1 is 1.21 bits per heavy atom. The highest BCUT2D eigenvalue weighted by atomic mass is 16.4. The zero-order valence-electron chi connectivity index (χ0n) is 8.83. The van der Waals surface area contributed by atoms with Gasteiger partial charge in [-0.3, -0.25) is 5.73 Å². The Morgan fingerprint density at radius 3 is 2.07 bits per heavy atom. The maximum atomic E-state index is 8.61. The lowest BCUT2D eigenvalue weighted by Crippen LogP contribution is -2.71. The Labute approximate surface area is 84.2 Å². The molecule has 0 spiro atoms. The van der Waals surface area contributed by atoms with Crippen molar-refractivity contribution in [3.05, 3.63) is 35.4 Å². The summed E-state index contributed by atoms with van der Waals surface area (Å²) in [5.41, 5.74) is 7.68. The number of rotatable bonds is 1. The lowest BCUT2D eigenvalue weighted by Gasteiger charge is -2.18. The number of nitrogens with two attached hydrogens (primary N) is 1. The van der Waals surface area contributed by atoms with Crippen molar-refractivity contribution >= 4 is 5.84 Å². The Balaban J connectivity index is 3.01. The highest BCUT2D eigenvalue weighted by molar-refractivity contribution is 5.92. The molecule has 0 bridgehead atoms. The molecule has 76 valence electrons. The first-order valence-electron chi connectivity index (χ1n) is 4.58. The van der Waals surface area contributed by atoms with Crippen LogP contribution in [0.1, 0.15) is 31.9 Å². The van der Waals surface area contributed by atoms with Gasteiger partial charge in [-0.05, 0) is 23.1 Å². The summed E-state index contributed by atoms with van der Waals surface area (Å²) in [5.74, 6) is 0.269. The normalized spacial score (nSPS) is 12.9. The fraction of sp³-hybridized carbons (Fsp3) is 0.364. The highest BCUT2D eigenvalue weighted by Crippen LogP contribution is 2.21. The van der Waals surface area contributed by atoms with E-state index in [0.29, 0.717) is 0 Å². The summed E-state index contributed by atoms with van der Waals surface area (Å²) in [5, 5.41) is 10.5. The molecule has 4 N–H and O–H groups in total. The van der Waals surface area contributed by atoms with Crippen LogP contribution in [0.4, 0.5) is 0 Å². The largest absolute Gasteiger partial charge is 0.357 e. The topological polar surface area (TPSA) is 60.2 Å². The van der Waals surface area contributed by atoms with Gasteiger partial charge in [0.2, 0.25) is 0 Å². The summed E-state index contributed by atoms with van der Waals surface area (Å²) in [6.07, 6.45) is 0. The van der Waals surface area contributed by atoms with Crippen molar-refractivity contribution in [2.45, 2.75) is 26.2 Å². The molecule has 0 atom stereocenters. The number of nitrogen functional groups attached to an aromatic ring is 1. The number of hydrogen-bond donors (Lipinski definition) is 3. The lowest BCUT2D eigenvalue weighted by atomic mass is 9.87. The van der Waals surface area contributed by atoms with E-state index in [2.05, 4.69) is 20.8 Å². The van der Waals surface area contributed by atoms with E-state index in [1.807, 2.05) is 29.4 Å². The second-order valence-corrected chi connectivity index (χ2v) is 4.35. The third-order valence-electron chi connectivity index (χ3n) is 2.18. The summed E-state index contributed by atoms with van der Waals surface area (Å²) in [6, 6.07) is 7.80. The molecule has 0 unspecified atom stereocenters. The van der Waals surface area contributed by atoms with Crippen molar-refractivity contribution in [2.24, 2.45) is 5.73 Å². The minimum absolute atomic E-state index is 0.139. The monoisotopic (exact) mass is 193 g/mol. The van der Waals surface area contributed by atoms with Crippen molar-refractivity contribution in [3.63, 3.8) is 0 Å². The smallest absolute Gasteiger partial charge is 0.311 e. The number of nitrogens with one attached hydrogen (secondary N) is 1. The first kappa shape index (κ1) is 10.6. The van der Waals surface area contributed by atoms with Crippen LogP contribution in [0, 0.1) is 0 Å². The molecule has 3 heteroatoms. The van der Waals surface area contributed by atoms with E-state index in [0.717, 1.165) is 5.56 Å². The zero-order valence-corrected chi connectivity index (χ0v) is 8.83. The molecule has 0 aliphatic rings. The molecule has 3 nitrogen and oxygen atoms in total. The standard InChI is InChI=1S/C11H16N2O/c1-11(2,3)9-6-4-8(5-7-9)10(12)13-14/h4-7,14H,1-3H3,(H2,12,13)/p+1. The molecule has 0 aliphatic carbocycles. The Kier molecular flexibility index (Phi) is 2.79. The number of amidine groups is 1. The average Bonchev–Trinajstić information content (AvgIpc) is 2.15. The van der Waals surface area contributed by atoms with E-state index in [9.17, 15) is 0 Å². The molecule has 0 fully saturated rings. The third kappa shape index (κ3) is 2.25. The van der Waals surface area contributed by atoms with Crippen molar-refractivity contribution in [3.8, 4) is 0 Å². The quantitative estimate of drug-likeness (QED) is 0.257. The van der Waals surface area contributed by atoms with E-state index in [-0.39, 0.29) is 11.3 Å². The third-order valence-corrected chi connectivity index (χ3v) is 2.18. The van der Waals surface area contributed by atoms with Crippen molar-refractivity contribution in [2.75, 3.05) is 0 Å². The van der Waals surface area contributed by atoms with Crippen LogP contribution in [0.2, 0.25) is 0 Å². The van der Waals surface area contributed by atoms with E-state index in [4.69, 9.17) is 10.9 Å². The molecule has 0 aliphatic heterocycles. The van der Waals surface area contributed by atoms with Gasteiger partial charge >= 0.3 is 5.84 Å². The second kappa shape index (κ2) is 3.70. The maximum absolute atomic E-state index is 8.61. The van der Waals surface area contributed by atoms with Gasteiger partial charge in [0.15, 0.2) is 0 Å². The maximum Gasteiger partial charge on any atom is 0.311 e. The molecule has 0 radical (unpaired) electrons. The molecule has 1 aromatic carbocycles. The molecule has 0 saturated heterocycles. The second-order valence-electron chi connectivity index (χ2n) is 4.35. The molecule has 1 aromatic rings. The first-order valence-corrected chi connectivity index (χ1v) is 4.58. The first-order chi connectivity index (χ1) is 6.45. The van der Waals surface area contributed by atoms with E-state index >= 15 is 0 Å². The molecule has 0 aromatic heterocycles. The van der Waals surface area contributed by atoms with Crippen LogP contribution < -0.4 is 10.9 Å². The Morgan fingerprint density at radius 2 is 1.71 bits per heavy atom. The summed E-state index contributed by atoms with van der Waals surface area (Å²) >= 11 is 0. The van der Waals surface area contributed by atoms with Crippen LogP contribution >= 0.6 is 0 Å². The number of hydrogen-bond acceptors (Lipinski definition) is 1. The van der Waals surface area contributed by atoms with Crippen molar-refractivity contribution < 1.29 is 10.4 Å². The van der Waals surface area contributed by atoms with Gasteiger partial charge < -0.3 is 5.21 Å². The molecule has 0 heterocycles. The van der Waals surface area contributed by atoms with Crippen LogP contribution in [-0.4, -0.2) is 11.0 Å². The van der Waals surface area contributed by atoms with Gasteiger partial charge in [-0.15, -0.1) is 0 Å². The van der Waals surface area contributed by atoms with Gasteiger partial charge in [-0.2, -0.15) is 0 Å². The number of benzene rings is 1. The molecular weight excluding hydrogens is 176 g/mol. The van der Waals surface area contributed by atoms with E-state index in [1.54, 1.807) is 0 Å². The van der Waals surface area contributed by atoms with Crippen LogP contribution in [0.3, 0.4) is 0 Å². The van der Waals surface area contributed by atoms with Gasteiger partial charge in [-0.25, -0.2) is 0 Å². The lowest BCUT2D eigenvalue weighted by molar-refractivity contribution is -0.737. The SMILES string of the molecule is CC(C)(C)c1ccc(C(N)=[NH+]O)cc1. The zero-order chi connectivity index (χ0) is 10.8. The molecule has 14 heavy (non-hydrogen) atoms. The van der Waals surface area contributed by atoms with Crippen molar-refractivity contribution in [1.29, 1.82) is 0 Å². The van der Waals surface area contributed by atoms with E-state index < -0.39 is 0 Å². The molecule has 0 amide bonds. The van der Waals surface area contributed by atoms with E-state index in [1.165, 1.54) is 5.56 Å². The molecule has 1 rings (SSSR count). The minimum Gasteiger partial charge on any atom is -0.357 e. The fourth-order valence-electron chi connectivity index (χ4n) is 1.21. The van der Waals surface area contributed by atoms with Gasteiger partial charge in [-0.1, -0.05) is 38.1 Å². The minimum atomic E-state index is 0.139. The van der Waals surface area contributed by atoms with Gasteiger partial charge in [0, 0.05) is 0 Å². The average molecular weight is 193 g/mol. The van der Waals surface area contributed by atoms with Gasteiger partial charge in [0.25, 0.3) is 0 Å². The predicted octanol–water partition coefficient (Wildman–Crippen LogP) is 0.159. The summed E-state index contributed by atoms with van der Waals surface area (Å²) in [4.78, 5) is 0. The molecular formula is C11H17N2O+. The van der Waals surface area contributed by atoms with Crippen LogP contribution in [0.25, 0.3) is 0 Å². The predicted molar refractivity (Wildman–Crippen MR) is 56.2 cm³/mol. The van der Waals surface area contributed by atoms with Gasteiger partial charge in [0.1, 0.15) is 0 Å². The summed E-state index contributed by atoms with van der Waals surface area (Å²) < 4.78 is 0. The summed E-state index contributed by atoms with van der Waals surface area (Å²) in [6.45, 7) is 6.46. The van der Waals surface area contributed by atoms with Crippen molar-refractivity contribution in [1.82, 2.24) is 0 Å². The van der Waals surface area contributed by atoms with Crippen LogP contribution in [-0.2, 0) is 5.41 Å². The van der Waals surface area contributed by atoms with Crippen LogP contribution in [0.5, 0.6) is 0 Å². The molecule has 0 saturated carbocycles. The Bertz CT molecular complexity index is 333. The highest BCUT2D eigenvalue weighted by Gasteiger charge is 2.13. The summed E-state index contributed by atoms with van der Waals surface area (Å²) in [7, 11) is 0. The fourth-order valence-corrected chi connectivity index (χ4v) is 1.21. The van der Waals surface area contributed by atoms with Gasteiger partial charge in [0.05, 0.1) is 5.56 Å². The van der Waals surface area contributed by atoms with Crippen LogP contribution in [0.15, 0.2) is 24.3 Å². The Hall–Kier alpha value is -1.51.